The third kappa shape index (κ3) is 3.61. The molecule has 0 bridgehead atoms. The SMILES string of the molecule is CN(Cc1nc2ccsc2c(=O)[nH]1)C(=O)Cc1ccc(Cl)cc1Cl. The number of benzene rings is 1. The van der Waals surface area contributed by atoms with E-state index in [2.05, 4.69) is 9.97 Å². The number of H-pyrrole nitrogens is 1. The van der Waals surface area contributed by atoms with Gasteiger partial charge in [-0.15, -0.1) is 11.3 Å². The number of rotatable bonds is 4. The molecule has 2 aromatic heterocycles. The van der Waals surface area contributed by atoms with Gasteiger partial charge in [0.25, 0.3) is 5.56 Å². The van der Waals surface area contributed by atoms with Gasteiger partial charge in [0.2, 0.25) is 5.91 Å². The number of hydrogen-bond acceptors (Lipinski definition) is 4. The number of carbonyl (C=O) groups excluding carboxylic acids is 1. The van der Waals surface area contributed by atoms with Gasteiger partial charge in [-0.2, -0.15) is 0 Å². The summed E-state index contributed by atoms with van der Waals surface area (Å²) in [4.78, 5) is 32.9. The molecule has 1 amide bonds. The van der Waals surface area contributed by atoms with Gasteiger partial charge >= 0.3 is 0 Å². The molecule has 1 aromatic carbocycles. The monoisotopic (exact) mass is 381 g/mol. The second-order valence-corrected chi connectivity index (χ2v) is 7.07. The molecule has 8 heteroatoms. The highest BCUT2D eigenvalue weighted by Crippen LogP contribution is 2.22. The average Bonchev–Trinajstić information content (AvgIpc) is 2.99. The number of likely N-dealkylation sites (N-methyl/N-ethyl adjacent to an activating group) is 1. The van der Waals surface area contributed by atoms with Gasteiger partial charge in [-0.1, -0.05) is 29.3 Å². The van der Waals surface area contributed by atoms with Gasteiger partial charge in [-0.25, -0.2) is 4.98 Å². The lowest BCUT2D eigenvalue weighted by Gasteiger charge is -2.17. The Morgan fingerprint density at radius 3 is 2.88 bits per heavy atom. The van der Waals surface area contributed by atoms with Crippen LogP contribution in [0, 0.1) is 0 Å². The molecule has 124 valence electrons. The zero-order valence-electron chi connectivity index (χ0n) is 12.7. The summed E-state index contributed by atoms with van der Waals surface area (Å²) in [5, 5.41) is 2.79. The normalized spacial score (nSPS) is 11.0. The summed E-state index contributed by atoms with van der Waals surface area (Å²) in [5.74, 6) is 0.316. The van der Waals surface area contributed by atoms with Crippen LogP contribution >= 0.6 is 34.5 Å². The summed E-state index contributed by atoms with van der Waals surface area (Å²) < 4.78 is 0.584. The second kappa shape index (κ2) is 6.93. The van der Waals surface area contributed by atoms with Crippen LogP contribution in [-0.2, 0) is 17.8 Å². The van der Waals surface area contributed by atoms with E-state index < -0.39 is 0 Å². The van der Waals surface area contributed by atoms with Crippen molar-refractivity contribution in [3.8, 4) is 0 Å². The first-order valence-corrected chi connectivity index (χ1v) is 8.72. The van der Waals surface area contributed by atoms with E-state index in [-0.39, 0.29) is 24.4 Å². The van der Waals surface area contributed by atoms with Crippen molar-refractivity contribution >= 4 is 50.7 Å². The van der Waals surface area contributed by atoms with Crippen molar-refractivity contribution in [2.24, 2.45) is 0 Å². The predicted octanol–water partition coefficient (Wildman–Crippen LogP) is 3.49. The molecule has 3 aromatic rings. The summed E-state index contributed by atoms with van der Waals surface area (Å²) in [5.41, 5.74) is 1.15. The topological polar surface area (TPSA) is 66.1 Å². The Bertz CT molecular complexity index is 967. The Balaban J connectivity index is 1.74. The van der Waals surface area contributed by atoms with E-state index in [1.54, 1.807) is 31.3 Å². The fraction of sp³-hybridized carbons (Fsp3) is 0.188. The smallest absolute Gasteiger partial charge is 0.268 e. The van der Waals surface area contributed by atoms with Gasteiger partial charge in [0.05, 0.1) is 18.5 Å². The summed E-state index contributed by atoms with van der Waals surface area (Å²) in [6, 6.07) is 6.82. The minimum atomic E-state index is -0.188. The zero-order valence-corrected chi connectivity index (χ0v) is 15.0. The van der Waals surface area contributed by atoms with Crippen LogP contribution < -0.4 is 5.56 Å². The molecule has 5 nitrogen and oxygen atoms in total. The molecule has 0 radical (unpaired) electrons. The highest BCUT2D eigenvalue weighted by Gasteiger charge is 2.14. The number of amides is 1. The lowest BCUT2D eigenvalue weighted by atomic mass is 10.1. The molecule has 0 aliphatic heterocycles. The largest absolute Gasteiger partial charge is 0.338 e. The van der Waals surface area contributed by atoms with Crippen molar-refractivity contribution in [3.05, 3.63) is 61.4 Å². The molecule has 0 aliphatic rings. The van der Waals surface area contributed by atoms with Crippen LogP contribution in [0.15, 0.2) is 34.4 Å². The Hall–Kier alpha value is -1.89. The number of halogens is 2. The van der Waals surface area contributed by atoms with Crippen molar-refractivity contribution in [2.45, 2.75) is 13.0 Å². The third-order valence-corrected chi connectivity index (χ3v) is 5.02. The summed E-state index contributed by atoms with van der Waals surface area (Å²) in [6.07, 6.45) is 0.150. The van der Waals surface area contributed by atoms with Gasteiger partial charge in [0.1, 0.15) is 10.5 Å². The van der Waals surface area contributed by atoms with Crippen LogP contribution in [0.3, 0.4) is 0 Å². The molecule has 1 N–H and O–H groups in total. The molecular formula is C16H13Cl2N3O2S. The first-order valence-electron chi connectivity index (χ1n) is 7.08. The van der Waals surface area contributed by atoms with Crippen LogP contribution in [-0.4, -0.2) is 27.8 Å². The van der Waals surface area contributed by atoms with E-state index in [9.17, 15) is 9.59 Å². The lowest BCUT2D eigenvalue weighted by molar-refractivity contribution is -0.129. The molecule has 0 atom stereocenters. The van der Waals surface area contributed by atoms with Crippen LogP contribution in [0.25, 0.3) is 10.2 Å². The lowest BCUT2D eigenvalue weighted by Crippen LogP contribution is -2.29. The quantitative estimate of drug-likeness (QED) is 0.751. The van der Waals surface area contributed by atoms with Crippen molar-refractivity contribution in [3.63, 3.8) is 0 Å². The number of nitrogens with zero attached hydrogens (tertiary/aromatic N) is 2. The first-order chi connectivity index (χ1) is 11.4. The Morgan fingerprint density at radius 2 is 2.12 bits per heavy atom. The van der Waals surface area contributed by atoms with E-state index in [1.165, 1.54) is 16.2 Å². The minimum absolute atomic E-state index is 0.132. The maximum Gasteiger partial charge on any atom is 0.268 e. The average molecular weight is 382 g/mol. The van der Waals surface area contributed by atoms with Crippen molar-refractivity contribution < 1.29 is 4.79 Å². The summed E-state index contributed by atoms with van der Waals surface area (Å²) in [6.45, 7) is 0.213. The van der Waals surface area contributed by atoms with E-state index in [0.29, 0.717) is 31.6 Å². The molecule has 0 aliphatic carbocycles. The highest BCUT2D eigenvalue weighted by molar-refractivity contribution is 7.17. The maximum atomic E-state index is 12.4. The fourth-order valence-corrected chi connectivity index (χ4v) is 3.47. The number of hydrogen-bond donors (Lipinski definition) is 1. The third-order valence-electron chi connectivity index (χ3n) is 3.53. The van der Waals surface area contributed by atoms with Crippen molar-refractivity contribution in [1.29, 1.82) is 0 Å². The first kappa shape index (κ1) is 17.0. The molecule has 24 heavy (non-hydrogen) atoms. The van der Waals surface area contributed by atoms with E-state index in [1.807, 2.05) is 5.38 Å². The predicted molar refractivity (Wildman–Crippen MR) is 96.9 cm³/mol. The molecular weight excluding hydrogens is 369 g/mol. The molecule has 2 heterocycles. The molecule has 0 fully saturated rings. The standard InChI is InChI=1S/C16H13Cl2N3O2S/c1-21(14(22)6-9-2-3-10(17)7-11(9)18)8-13-19-12-4-5-24-15(12)16(23)20-13/h2-5,7H,6,8H2,1H3,(H,19,20,23). The number of aromatic nitrogens is 2. The van der Waals surface area contributed by atoms with Crippen LogP contribution in [0.5, 0.6) is 0 Å². The Kier molecular flexibility index (Phi) is 4.89. The highest BCUT2D eigenvalue weighted by atomic mass is 35.5. The van der Waals surface area contributed by atoms with Crippen LogP contribution in [0.2, 0.25) is 10.0 Å². The molecule has 0 unspecified atom stereocenters. The number of carbonyl (C=O) groups is 1. The number of fused-ring (bicyclic) bond motifs is 1. The number of thiophene rings is 1. The van der Waals surface area contributed by atoms with E-state index in [4.69, 9.17) is 23.2 Å². The second-order valence-electron chi connectivity index (χ2n) is 5.31. The minimum Gasteiger partial charge on any atom is -0.338 e. The van der Waals surface area contributed by atoms with Gasteiger partial charge < -0.3 is 9.88 Å². The van der Waals surface area contributed by atoms with E-state index >= 15 is 0 Å². The fourth-order valence-electron chi connectivity index (χ4n) is 2.27. The summed E-state index contributed by atoms with van der Waals surface area (Å²) in [7, 11) is 1.66. The Morgan fingerprint density at radius 1 is 1.33 bits per heavy atom. The Labute approximate surface area is 151 Å². The van der Waals surface area contributed by atoms with Gasteiger partial charge in [0, 0.05) is 17.1 Å². The maximum absolute atomic E-state index is 12.4. The van der Waals surface area contributed by atoms with Gasteiger partial charge in [0.15, 0.2) is 0 Å². The summed E-state index contributed by atoms with van der Waals surface area (Å²) >= 11 is 13.3. The van der Waals surface area contributed by atoms with Crippen molar-refractivity contribution in [2.75, 3.05) is 7.05 Å². The number of nitrogens with one attached hydrogen (secondary N) is 1. The molecule has 0 saturated heterocycles. The molecule has 0 spiro atoms. The number of aromatic amines is 1. The van der Waals surface area contributed by atoms with Gasteiger partial charge in [-0.05, 0) is 29.1 Å². The van der Waals surface area contributed by atoms with Crippen molar-refractivity contribution in [1.82, 2.24) is 14.9 Å². The van der Waals surface area contributed by atoms with E-state index in [0.717, 1.165) is 0 Å². The van der Waals surface area contributed by atoms with Gasteiger partial charge in [-0.3, -0.25) is 9.59 Å². The van der Waals surface area contributed by atoms with Crippen LogP contribution in [0.1, 0.15) is 11.4 Å². The van der Waals surface area contributed by atoms with Crippen LogP contribution in [0.4, 0.5) is 0 Å². The molecule has 3 rings (SSSR count). The zero-order chi connectivity index (χ0) is 17.3. The molecule has 0 saturated carbocycles.